The van der Waals surface area contributed by atoms with Gasteiger partial charge in [-0.15, -0.1) is 11.3 Å². The summed E-state index contributed by atoms with van der Waals surface area (Å²) in [6, 6.07) is 12.6. The van der Waals surface area contributed by atoms with Crippen molar-refractivity contribution in [1.82, 2.24) is 9.80 Å². The van der Waals surface area contributed by atoms with Crippen molar-refractivity contribution < 1.29 is 14.3 Å². The average molecular weight is 401 g/mol. The Morgan fingerprint density at radius 2 is 1.96 bits per heavy atom. The molecule has 1 aliphatic rings. The summed E-state index contributed by atoms with van der Waals surface area (Å²) < 4.78 is 5.01. The van der Waals surface area contributed by atoms with E-state index in [9.17, 15) is 9.59 Å². The van der Waals surface area contributed by atoms with Gasteiger partial charge in [-0.25, -0.2) is 0 Å². The first-order valence-corrected chi connectivity index (χ1v) is 10.4. The molecule has 1 aromatic heterocycles. The molecule has 1 aliphatic heterocycles. The van der Waals surface area contributed by atoms with Gasteiger partial charge in [-0.05, 0) is 41.8 Å². The Balaban J connectivity index is 1.84. The van der Waals surface area contributed by atoms with Crippen LogP contribution in [0.25, 0.3) is 10.4 Å². The lowest BCUT2D eigenvalue weighted by Crippen LogP contribution is -2.54. The third-order valence-corrected chi connectivity index (χ3v) is 6.28. The van der Waals surface area contributed by atoms with Crippen LogP contribution in [0.1, 0.15) is 18.4 Å². The molecular weight excluding hydrogens is 372 g/mol. The first-order chi connectivity index (χ1) is 13.4. The number of hydrogen-bond donors (Lipinski definition) is 0. The fourth-order valence-electron chi connectivity index (χ4n) is 4.05. The van der Waals surface area contributed by atoms with E-state index in [1.54, 1.807) is 35.2 Å². The van der Waals surface area contributed by atoms with Gasteiger partial charge in [0.1, 0.15) is 6.61 Å². The van der Waals surface area contributed by atoms with E-state index in [1.807, 2.05) is 6.07 Å². The molecule has 0 N–H and O–H groups in total. The van der Waals surface area contributed by atoms with E-state index in [-0.39, 0.29) is 18.4 Å². The molecule has 2 aromatic rings. The average Bonchev–Trinajstić information content (AvgIpc) is 3.23. The van der Waals surface area contributed by atoms with Crippen molar-refractivity contribution in [2.45, 2.75) is 19.3 Å². The lowest BCUT2D eigenvalue weighted by Gasteiger charge is -2.43. The van der Waals surface area contributed by atoms with Crippen molar-refractivity contribution in [2.75, 3.05) is 40.9 Å². The molecule has 2 amide bonds. The normalized spacial score (nSPS) is 19.5. The van der Waals surface area contributed by atoms with Gasteiger partial charge in [-0.3, -0.25) is 9.59 Å². The molecule has 5 nitrogen and oxygen atoms in total. The summed E-state index contributed by atoms with van der Waals surface area (Å²) in [5.41, 5.74) is 1.72. The lowest BCUT2D eigenvalue weighted by atomic mass is 9.73. The maximum atomic E-state index is 13.2. The highest BCUT2D eigenvalue weighted by atomic mass is 32.1. The Hall–Kier alpha value is -2.18. The van der Waals surface area contributed by atoms with E-state index in [0.29, 0.717) is 19.5 Å². The SMILES string of the molecule is COCC(=O)N1CCC[C@](Cc2ccc(-c3cccs3)cc2)(C(=O)N(C)C)C1. The Labute approximate surface area is 170 Å². The van der Waals surface area contributed by atoms with Crippen molar-refractivity contribution in [1.29, 1.82) is 0 Å². The molecule has 0 unspecified atom stereocenters. The van der Waals surface area contributed by atoms with Crippen molar-refractivity contribution >= 4 is 23.2 Å². The first kappa shape index (κ1) is 20.6. The van der Waals surface area contributed by atoms with Crippen LogP contribution < -0.4 is 0 Å². The van der Waals surface area contributed by atoms with E-state index in [4.69, 9.17) is 4.74 Å². The quantitative estimate of drug-likeness (QED) is 0.748. The van der Waals surface area contributed by atoms with Gasteiger partial charge in [-0.1, -0.05) is 30.3 Å². The van der Waals surface area contributed by atoms with Gasteiger partial charge in [-0.2, -0.15) is 0 Å². The molecule has 0 saturated carbocycles. The third-order valence-electron chi connectivity index (χ3n) is 5.36. The number of ether oxygens (including phenoxy) is 1. The second-order valence-corrected chi connectivity index (χ2v) is 8.63. The van der Waals surface area contributed by atoms with Gasteiger partial charge in [0.2, 0.25) is 11.8 Å². The zero-order valence-electron chi connectivity index (χ0n) is 16.8. The van der Waals surface area contributed by atoms with Crippen molar-refractivity contribution in [3.8, 4) is 10.4 Å². The largest absolute Gasteiger partial charge is 0.375 e. The van der Waals surface area contributed by atoms with Crippen molar-refractivity contribution in [3.63, 3.8) is 0 Å². The molecular formula is C22H28N2O3S. The summed E-state index contributed by atoms with van der Waals surface area (Å²) in [6.45, 7) is 1.18. The standard InChI is InChI=1S/C22H28N2O3S/c1-23(2)21(26)22(11-5-12-24(16-22)20(25)15-27-3)14-17-7-9-18(10-8-17)19-6-4-13-28-19/h4,6-10,13H,5,11-12,14-16H2,1-3H3/t22-/m1/s1. The van der Waals surface area contributed by atoms with Gasteiger partial charge in [0, 0.05) is 39.2 Å². The topological polar surface area (TPSA) is 49.9 Å². The fourth-order valence-corrected chi connectivity index (χ4v) is 4.78. The van der Waals surface area contributed by atoms with Gasteiger partial charge >= 0.3 is 0 Å². The minimum Gasteiger partial charge on any atom is -0.375 e. The van der Waals surface area contributed by atoms with Gasteiger partial charge in [0.05, 0.1) is 5.41 Å². The zero-order valence-corrected chi connectivity index (χ0v) is 17.6. The molecule has 1 aromatic carbocycles. The summed E-state index contributed by atoms with van der Waals surface area (Å²) >= 11 is 1.72. The number of hydrogen-bond acceptors (Lipinski definition) is 4. The Morgan fingerprint density at radius 1 is 1.21 bits per heavy atom. The molecule has 1 atom stereocenters. The Bertz CT molecular complexity index is 802. The zero-order chi connectivity index (χ0) is 20.1. The third kappa shape index (κ3) is 4.45. The summed E-state index contributed by atoms with van der Waals surface area (Å²) in [5.74, 6) is 0.0379. The Kier molecular flexibility index (Phi) is 6.52. The molecule has 6 heteroatoms. The Morgan fingerprint density at radius 3 is 2.57 bits per heavy atom. The highest BCUT2D eigenvalue weighted by Gasteiger charge is 2.44. The molecule has 150 valence electrons. The number of methoxy groups -OCH3 is 1. The molecule has 0 bridgehead atoms. The maximum absolute atomic E-state index is 13.2. The minimum absolute atomic E-state index is 0.0498. The van der Waals surface area contributed by atoms with E-state index < -0.39 is 5.41 Å². The van der Waals surface area contributed by atoms with Crippen LogP contribution in [0.4, 0.5) is 0 Å². The number of benzene rings is 1. The van der Waals surface area contributed by atoms with Crippen LogP contribution in [0, 0.1) is 5.41 Å². The monoisotopic (exact) mass is 400 g/mol. The van der Waals surface area contributed by atoms with Crippen LogP contribution >= 0.6 is 11.3 Å². The smallest absolute Gasteiger partial charge is 0.248 e. The summed E-state index contributed by atoms with van der Waals surface area (Å²) in [4.78, 5) is 30.2. The second kappa shape index (κ2) is 8.88. The predicted molar refractivity (Wildman–Crippen MR) is 112 cm³/mol. The number of carbonyl (C=O) groups excluding carboxylic acids is 2. The number of rotatable bonds is 6. The van der Waals surface area contributed by atoms with E-state index in [0.717, 1.165) is 18.4 Å². The maximum Gasteiger partial charge on any atom is 0.248 e. The van der Waals surface area contributed by atoms with Gasteiger partial charge in [0.15, 0.2) is 0 Å². The molecule has 0 spiro atoms. The number of likely N-dealkylation sites (tertiary alicyclic amines) is 1. The van der Waals surface area contributed by atoms with E-state index in [2.05, 4.69) is 35.7 Å². The van der Waals surface area contributed by atoms with Crippen LogP contribution in [0.5, 0.6) is 0 Å². The minimum atomic E-state index is -0.588. The van der Waals surface area contributed by atoms with Crippen LogP contribution in [-0.2, 0) is 20.7 Å². The predicted octanol–water partition coefficient (Wildman–Crippen LogP) is 3.30. The molecule has 3 rings (SSSR count). The number of carbonyl (C=O) groups is 2. The molecule has 1 fully saturated rings. The summed E-state index contributed by atoms with van der Waals surface area (Å²) in [6.07, 6.45) is 2.24. The molecule has 2 heterocycles. The second-order valence-electron chi connectivity index (χ2n) is 7.68. The summed E-state index contributed by atoms with van der Waals surface area (Å²) in [5, 5.41) is 2.07. The number of nitrogens with zero attached hydrogens (tertiary/aromatic N) is 2. The van der Waals surface area contributed by atoms with Crippen molar-refractivity contribution in [3.05, 3.63) is 47.3 Å². The van der Waals surface area contributed by atoms with E-state index in [1.165, 1.54) is 17.6 Å². The summed E-state index contributed by atoms with van der Waals surface area (Å²) in [7, 11) is 5.11. The number of piperidine rings is 1. The van der Waals surface area contributed by atoms with Crippen LogP contribution in [0.2, 0.25) is 0 Å². The highest BCUT2D eigenvalue weighted by molar-refractivity contribution is 7.13. The number of thiophene rings is 1. The van der Waals surface area contributed by atoms with Gasteiger partial charge in [0.25, 0.3) is 0 Å². The molecule has 0 radical (unpaired) electrons. The number of amides is 2. The molecule has 0 aliphatic carbocycles. The fraction of sp³-hybridized carbons (Fsp3) is 0.455. The van der Waals surface area contributed by atoms with E-state index >= 15 is 0 Å². The van der Waals surface area contributed by atoms with Crippen molar-refractivity contribution in [2.24, 2.45) is 5.41 Å². The molecule has 1 saturated heterocycles. The highest BCUT2D eigenvalue weighted by Crippen LogP contribution is 2.36. The van der Waals surface area contributed by atoms with Crippen LogP contribution in [0.15, 0.2) is 41.8 Å². The lowest BCUT2D eigenvalue weighted by molar-refractivity contribution is -0.148. The van der Waals surface area contributed by atoms with Gasteiger partial charge < -0.3 is 14.5 Å². The molecule has 28 heavy (non-hydrogen) atoms. The first-order valence-electron chi connectivity index (χ1n) is 9.56. The van der Waals surface area contributed by atoms with Crippen LogP contribution in [-0.4, -0.2) is 62.5 Å². The van der Waals surface area contributed by atoms with Crippen LogP contribution in [0.3, 0.4) is 0 Å².